The zero-order valence-electron chi connectivity index (χ0n) is 10.4. The Labute approximate surface area is 107 Å². The maximum Gasteiger partial charge on any atom is 0.117 e. The van der Waals surface area contributed by atoms with Crippen LogP contribution < -0.4 is 5.32 Å². The van der Waals surface area contributed by atoms with E-state index in [1.54, 1.807) is 18.4 Å². The van der Waals surface area contributed by atoms with E-state index in [2.05, 4.69) is 15.5 Å². The van der Waals surface area contributed by atoms with Crippen molar-refractivity contribution in [3.63, 3.8) is 0 Å². The van der Waals surface area contributed by atoms with Crippen molar-refractivity contribution in [2.45, 2.75) is 44.6 Å². The highest BCUT2D eigenvalue weighted by molar-refractivity contribution is 7.11. The molecule has 4 nitrogen and oxygen atoms in total. The number of ether oxygens (including phenoxy) is 1. The average Bonchev–Trinajstić information content (AvgIpc) is 3.05. The summed E-state index contributed by atoms with van der Waals surface area (Å²) in [4.78, 5) is 0. The van der Waals surface area contributed by atoms with E-state index in [1.807, 2.05) is 0 Å². The summed E-state index contributed by atoms with van der Waals surface area (Å²) in [5.74, 6) is 0. The van der Waals surface area contributed by atoms with Crippen molar-refractivity contribution in [1.29, 1.82) is 0 Å². The van der Waals surface area contributed by atoms with Gasteiger partial charge in [0.15, 0.2) is 0 Å². The molecule has 0 amide bonds. The van der Waals surface area contributed by atoms with Crippen molar-refractivity contribution in [3.05, 3.63) is 10.0 Å². The van der Waals surface area contributed by atoms with Crippen LogP contribution >= 0.6 is 11.3 Å². The fraction of sp³-hybridized carbons (Fsp3) is 0.833. The van der Waals surface area contributed by atoms with Crippen LogP contribution in [0.5, 0.6) is 0 Å². The van der Waals surface area contributed by atoms with Crippen molar-refractivity contribution in [1.82, 2.24) is 15.5 Å². The normalized spacial score (nSPS) is 15.4. The monoisotopic (exact) mass is 255 g/mol. The van der Waals surface area contributed by atoms with Crippen molar-refractivity contribution in [2.24, 2.45) is 0 Å². The minimum absolute atomic E-state index is 0.806. The van der Waals surface area contributed by atoms with E-state index in [0.29, 0.717) is 0 Å². The van der Waals surface area contributed by atoms with Crippen LogP contribution in [0.1, 0.15) is 35.7 Å². The Kier molecular flexibility index (Phi) is 5.35. The van der Waals surface area contributed by atoms with Gasteiger partial charge in [0.05, 0.1) is 0 Å². The number of aryl methyl sites for hydroxylation is 2. The Morgan fingerprint density at radius 3 is 2.59 bits per heavy atom. The van der Waals surface area contributed by atoms with Crippen LogP contribution in [-0.4, -0.2) is 36.5 Å². The highest BCUT2D eigenvalue weighted by Crippen LogP contribution is 2.18. The van der Waals surface area contributed by atoms with Crippen LogP contribution in [0.15, 0.2) is 0 Å². The lowest BCUT2D eigenvalue weighted by Gasteiger charge is -1.99. The Morgan fingerprint density at radius 1 is 1.24 bits per heavy atom. The lowest BCUT2D eigenvalue weighted by molar-refractivity contribution is 0.195. The topological polar surface area (TPSA) is 47.0 Å². The zero-order valence-corrected chi connectivity index (χ0v) is 11.3. The first-order valence-electron chi connectivity index (χ1n) is 6.42. The molecule has 1 aliphatic rings. The van der Waals surface area contributed by atoms with Crippen LogP contribution in [0, 0.1) is 0 Å². The van der Waals surface area contributed by atoms with Gasteiger partial charge in [-0.2, -0.15) is 0 Å². The Bertz CT molecular complexity index is 325. The number of rotatable bonds is 9. The number of nitrogens with one attached hydrogen (secondary N) is 1. The number of nitrogens with zero attached hydrogens (tertiary/aromatic N) is 2. The molecular weight excluding hydrogens is 234 g/mol. The second-order valence-electron chi connectivity index (χ2n) is 4.52. The van der Waals surface area contributed by atoms with Gasteiger partial charge < -0.3 is 10.1 Å². The summed E-state index contributed by atoms with van der Waals surface area (Å²) in [6, 6.07) is 0.814. The second kappa shape index (κ2) is 7.03. The van der Waals surface area contributed by atoms with Crippen molar-refractivity contribution in [3.8, 4) is 0 Å². The van der Waals surface area contributed by atoms with E-state index in [4.69, 9.17) is 4.74 Å². The molecule has 0 bridgehead atoms. The van der Waals surface area contributed by atoms with Crippen LogP contribution in [-0.2, 0) is 17.6 Å². The van der Waals surface area contributed by atoms with Gasteiger partial charge in [-0.3, -0.25) is 0 Å². The molecule has 2 rings (SSSR count). The number of aromatic nitrogens is 2. The van der Waals surface area contributed by atoms with Gasteiger partial charge in [-0.1, -0.05) is 0 Å². The van der Waals surface area contributed by atoms with Crippen LogP contribution in [0.3, 0.4) is 0 Å². The lowest BCUT2D eigenvalue weighted by Crippen LogP contribution is -2.17. The zero-order chi connectivity index (χ0) is 11.9. The molecule has 0 unspecified atom stereocenters. The second-order valence-corrected chi connectivity index (χ2v) is 5.66. The smallest absolute Gasteiger partial charge is 0.117 e. The molecule has 17 heavy (non-hydrogen) atoms. The van der Waals surface area contributed by atoms with Gasteiger partial charge in [0.25, 0.3) is 0 Å². The molecule has 0 saturated heterocycles. The standard InChI is InChI=1S/C12H21N3OS/c1-16-9-3-5-12-15-14-11(17-12)4-2-8-13-10-6-7-10/h10,13H,2-9H2,1H3. The molecule has 1 fully saturated rings. The van der Waals surface area contributed by atoms with E-state index in [9.17, 15) is 0 Å². The highest BCUT2D eigenvalue weighted by Gasteiger charge is 2.19. The first-order chi connectivity index (χ1) is 8.38. The third-order valence-electron chi connectivity index (χ3n) is 2.83. The Hall–Kier alpha value is -0.520. The molecule has 1 N–H and O–H groups in total. The summed E-state index contributed by atoms with van der Waals surface area (Å²) >= 11 is 1.75. The molecular formula is C12H21N3OS. The lowest BCUT2D eigenvalue weighted by atomic mass is 10.3. The minimum atomic E-state index is 0.806. The maximum absolute atomic E-state index is 5.03. The molecule has 0 spiro atoms. The summed E-state index contributed by atoms with van der Waals surface area (Å²) in [6.07, 6.45) is 6.98. The van der Waals surface area contributed by atoms with E-state index in [-0.39, 0.29) is 0 Å². The minimum Gasteiger partial charge on any atom is -0.385 e. The molecule has 1 aliphatic carbocycles. The average molecular weight is 255 g/mol. The van der Waals surface area contributed by atoms with Crippen molar-refractivity contribution in [2.75, 3.05) is 20.3 Å². The third-order valence-corrected chi connectivity index (χ3v) is 3.87. The van der Waals surface area contributed by atoms with Gasteiger partial charge in [0, 0.05) is 32.6 Å². The van der Waals surface area contributed by atoms with Crippen LogP contribution in [0.4, 0.5) is 0 Å². The summed E-state index contributed by atoms with van der Waals surface area (Å²) in [5.41, 5.74) is 0. The highest BCUT2D eigenvalue weighted by atomic mass is 32.1. The van der Waals surface area contributed by atoms with Crippen LogP contribution in [0.25, 0.3) is 0 Å². The molecule has 1 aromatic heterocycles. The van der Waals surface area contributed by atoms with E-state index >= 15 is 0 Å². The van der Waals surface area contributed by atoms with Gasteiger partial charge >= 0.3 is 0 Å². The van der Waals surface area contributed by atoms with Gasteiger partial charge in [0.1, 0.15) is 10.0 Å². The predicted molar refractivity (Wildman–Crippen MR) is 69.5 cm³/mol. The van der Waals surface area contributed by atoms with E-state index in [0.717, 1.165) is 43.5 Å². The largest absolute Gasteiger partial charge is 0.385 e. The van der Waals surface area contributed by atoms with Crippen molar-refractivity contribution >= 4 is 11.3 Å². The van der Waals surface area contributed by atoms with E-state index in [1.165, 1.54) is 24.3 Å². The SMILES string of the molecule is COCCCc1nnc(CCCNC2CC2)s1. The maximum atomic E-state index is 5.03. The molecule has 0 radical (unpaired) electrons. The number of methoxy groups -OCH3 is 1. The third kappa shape index (κ3) is 5.10. The molecule has 1 saturated carbocycles. The van der Waals surface area contributed by atoms with Crippen molar-refractivity contribution < 1.29 is 4.74 Å². The Morgan fingerprint density at radius 2 is 1.94 bits per heavy atom. The summed E-state index contributed by atoms with van der Waals surface area (Å²) in [5, 5.41) is 14.3. The molecule has 5 heteroatoms. The molecule has 0 atom stereocenters. The van der Waals surface area contributed by atoms with E-state index < -0.39 is 0 Å². The van der Waals surface area contributed by atoms with Gasteiger partial charge in [-0.05, 0) is 32.2 Å². The van der Waals surface area contributed by atoms with Gasteiger partial charge in [-0.15, -0.1) is 21.5 Å². The molecule has 96 valence electrons. The summed E-state index contributed by atoms with van der Waals surface area (Å²) in [7, 11) is 1.73. The number of hydrogen-bond acceptors (Lipinski definition) is 5. The molecule has 0 aliphatic heterocycles. The summed E-state index contributed by atoms with van der Waals surface area (Å²) in [6.45, 7) is 1.92. The molecule has 0 aromatic carbocycles. The quantitative estimate of drug-likeness (QED) is 0.684. The summed E-state index contributed by atoms with van der Waals surface area (Å²) < 4.78 is 5.03. The number of hydrogen-bond donors (Lipinski definition) is 1. The first-order valence-corrected chi connectivity index (χ1v) is 7.23. The van der Waals surface area contributed by atoms with Gasteiger partial charge in [-0.25, -0.2) is 0 Å². The molecule has 1 heterocycles. The molecule has 1 aromatic rings. The fourth-order valence-electron chi connectivity index (χ4n) is 1.69. The Balaban J connectivity index is 1.59. The van der Waals surface area contributed by atoms with Crippen LogP contribution in [0.2, 0.25) is 0 Å². The predicted octanol–water partition coefficient (Wildman–Crippen LogP) is 1.80. The fourth-order valence-corrected chi connectivity index (χ4v) is 2.62. The van der Waals surface area contributed by atoms with Gasteiger partial charge in [0.2, 0.25) is 0 Å². The first kappa shape index (κ1) is 12.9.